The monoisotopic (exact) mass is 278 g/mol. The summed E-state index contributed by atoms with van der Waals surface area (Å²) in [6, 6.07) is 19.9. The lowest BCUT2D eigenvalue weighted by molar-refractivity contribution is 0.154. The van der Waals surface area contributed by atoms with Gasteiger partial charge in [0.15, 0.2) is 0 Å². The molecule has 0 spiro atoms. The highest BCUT2D eigenvalue weighted by Crippen LogP contribution is 2.50. The molecule has 2 atom stereocenters. The minimum Gasteiger partial charge on any atom is -0.0625 e. The maximum atomic E-state index is 2.45. The maximum absolute atomic E-state index is 2.45. The lowest BCUT2D eigenvalue weighted by Gasteiger charge is -2.42. The average Bonchev–Trinajstić information content (AvgIpc) is 2.47. The van der Waals surface area contributed by atoms with Gasteiger partial charge in [0.1, 0.15) is 0 Å². The van der Waals surface area contributed by atoms with Gasteiger partial charge in [-0.1, -0.05) is 81.8 Å². The molecule has 0 amide bonds. The van der Waals surface area contributed by atoms with E-state index in [9.17, 15) is 0 Å². The molecule has 2 aromatic carbocycles. The van der Waals surface area contributed by atoms with Crippen LogP contribution < -0.4 is 0 Å². The van der Waals surface area contributed by atoms with Crippen LogP contribution in [0.4, 0.5) is 0 Å². The Morgan fingerprint density at radius 2 is 1.52 bits per heavy atom. The van der Waals surface area contributed by atoms with Crippen LogP contribution in [0.2, 0.25) is 0 Å². The van der Waals surface area contributed by atoms with E-state index in [4.69, 9.17) is 0 Å². The van der Waals surface area contributed by atoms with Crippen LogP contribution in [-0.2, 0) is 0 Å². The Kier molecular flexibility index (Phi) is 3.89. The van der Waals surface area contributed by atoms with Crippen molar-refractivity contribution in [2.75, 3.05) is 0 Å². The van der Waals surface area contributed by atoms with Crippen molar-refractivity contribution in [1.29, 1.82) is 0 Å². The maximum Gasteiger partial charge on any atom is -0.0104 e. The number of rotatable bonds is 2. The Morgan fingerprint density at radius 3 is 2.24 bits per heavy atom. The summed E-state index contributed by atoms with van der Waals surface area (Å²) in [5.41, 5.74) is 4.71. The van der Waals surface area contributed by atoms with Gasteiger partial charge in [-0.25, -0.2) is 0 Å². The molecular formula is C21H26. The quantitative estimate of drug-likeness (QED) is 0.606. The van der Waals surface area contributed by atoms with Crippen LogP contribution in [0.1, 0.15) is 51.5 Å². The molecule has 0 aliphatic heterocycles. The van der Waals surface area contributed by atoms with E-state index >= 15 is 0 Å². The predicted octanol–water partition coefficient (Wildman–Crippen LogP) is 6.28. The number of hydrogen-bond donors (Lipinski definition) is 0. The third-order valence-corrected chi connectivity index (χ3v) is 5.19. The Balaban J connectivity index is 2.03. The molecule has 0 saturated heterocycles. The highest BCUT2D eigenvalue weighted by Gasteiger charge is 2.36. The molecule has 0 N–H and O–H groups in total. The second-order valence-corrected chi connectivity index (χ2v) is 7.38. The molecule has 1 aliphatic rings. The normalized spacial score (nSPS) is 24.7. The molecule has 1 fully saturated rings. The van der Waals surface area contributed by atoms with Gasteiger partial charge < -0.3 is 0 Å². The average molecular weight is 278 g/mol. The summed E-state index contributed by atoms with van der Waals surface area (Å²) in [6.45, 7) is 7.31. The topological polar surface area (TPSA) is 0 Å². The van der Waals surface area contributed by atoms with Gasteiger partial charge in [-0.3, -0.25) is 0 Å². The van der Waals surface area contributed by atoms with Crippen LogP contribution in [0.3, 0.4) is 0 Å². The fourth-order valence-corrected chi connectivity index (χ4v) is 4.24. The fourth-order valence-electron chi connectivity index (χ4n) is 4.24. The first-order valence-corrected chi connectivity index (χ1v) is 8.22. The van der Waals surface area contributed by atoms with Crippen molar-refractivity contribution in [1.82, 2.24) is 0 Å². The summed E-state index contributed by atoms with van der Waals surface area (Å²) in [4.78, 5) is 0. The molecule has 1 saturated carbocycles. The summed E-state index contributed by atoms with van der Waals surface area (Å²) in [5.74, 6) is 1.53. The third kappa shape index (κ3) is 2.90. The van der Waals surface area contributed by atoms with E-state index in [1.807, 2.05) is 0 Å². The van der Waals surface area contributed by atoms with Crippen molar-refractivity contribution in [3.05, 3.63) is 60.2 Å². The van der Waals surface area contributed by atoms with E-state index in [2.05, 4.69) is 75.4 Å². The molecule has 110 valence electrons. The molecule has 1 aliphatic carbocycles. The SMILES string of the molecule is CC1CCC(c2ccccc2-c2ccccc2)C(C)(C)C1. The summed E-state index contributed by atoms with van der Waals surface area (Å²) in [5, 5.41) is 0. The third-order valence-electron chi connectivity index (χ3n) is 5.19. The molecule has 2 aromatic rings. The van der Waals surface area contributed by atoms with Gasteiger partial charge >= 0.3 is 0 Å². The van der Waals surface area contributed by atoms with Crippen LogP contribution in [0.25, 0.3) is 11.1 Å². The molecule has 0 bridgehead atoms. The van der Waals surface area contributed by atoms with E-state index in [0.717, 1.165) is 5.92 Å². The predicted molar refractivity (Wildman–Crippen MR) is 91.4 cm³/mol. The van der Waals surface area contributed by atoms with E-state index in [1.54, 1.807) is 5.56 Å². The van der Waals surface area contributed by atoms with Crippen LogP contribution >= 0.6 is 0 Å². The first-order chi connectivity index (χ1) is 10.1. The largest absolute Gasteiger partial charge is 0.0625 e. The zero-order valence-corrected chi connectivity index (χ0v) is 13.5. The Bertz CT molecular complexity index is 594. The fraction of sp³-hybridized carbons (Fsp3) is 0.429. The van der Waals surface area contributed by atoms with Crippen LogP contribution in [0.15, 0.2) is 54.6 Å². The van der Waals surface area contributed by atoms with E-state index in [-0.39, 0.29) is 0 Å². The molecule has 0 radical (unpaired) electrons. The van der Waals surface area contributed by atoms with Gasteiger partial charge in [0.2, 0.25) is 0 Å². The molecule has 2 unspecified atom stereocenters. The smallest absolute Gasteiger partial charge is 0.0104 e. The lowest BCUT2D eigenvalue weighted by Crippen LogP contribution is -2.30. The van der Waals surface area contributed by atoms with Gasteiger partial charge in [-0.15, -0.1) is 0 Å². The van der Waals surface area contributed by atoms with E-state index < -0.39 is 0 Å². The first kappa shape index (κ1) is 14.4. The Morgan fingerprint density at radius 1 is 0.857 bits per heavy atom. The minimum absolute atomic E-state index is 0.391. The first-order valence-electron chi connectivity index (χ1n) is 8.22. The molecule has 0 nitrogen and oxygen atoms in total. The zero-order valence-electron chi connectivity index (χ0n) is 13.5. The highest BCUT2D eigenvalue weighted by molar-refractivity contribution is 5.68. The van der Waals surface area contributed by atoms with Crippen molar-refractivity contribution >= 4 is 0 Å². The number of hydrogen-bond acceptors (Lipinski definition) is 0. The van der Waals surface area contributed by atoms with E-state index in [1.165, 1.54) is 30.4 Å². The molecular weight excluding hydrogens is 252 g/mol. The summed E-state index contributed by atoms with van der Waals surface area (Å²) in [6.07, 6.45) is 4.01. The van der Waals surface area contributed by atoms with Crippen molar-refractivity contribution in [3.8, 4) is 11.1 Å². The van der Waals surface area contributed by atoms with Gasteiger partial charge in [-0.2, -0.15) is 0 Å². The van der Waals surface area contributed by atoms with Crippen LogP contribution in [0.5, 0.6) is 0 Å². The molecule has 21 heavy (non-hydrogen) atoms. The van der Waals surface area contributed by atoms with Crippen molar-refractivity contribution < 1.29 is 0 Å². The van der Waals surface area contributed by atoms with Gasteiger partial charge in [0.25, 0.3) is 0 Å². The second kappa shape index (κ2) is 5.67. The summed E-state index contributed by atoms with van der Waals surface area (Å²) >= 11 is 0. The van der Waals surface area contributed by atoms with Crippen molar-refractivity contribution in [3.63, 3.8) is 0 Å². The highest BCUT2D eigenvalue weighted by atomic mass is 14.4. The van der Waals surface area contributed by atoms with E-state index in [0.29, 0.717) is 11.3 Å². The number of benzene rings is 2. The van der Waals surface area contributed by atoms with Gasteiger partial charge in [0, 0.05) is 0 Å². The zero-order chi connectivity index (χ0) is 14.9. The standard InChI is InChI=1S/C21H26/c1-16-13-14-20(21(2,3)15-16)19-12-8-7-11-18(19)17-9-5-4-6-10-17/h4-12,16,20H,13-15H2,1-3H3. The molecule has 0 aromatic heterocycles. The van der Waals surface area contributed by atoms with Gasteiger partial charge in [-0.05, 0) is 46.8 Å². The minimum atomic E-state index is 0.391. The van der Waals surface area contributed by atoms with Crippen molar-refractivity contribution in [2.24, 2.45) is 11.3 Å². The van der Waals surface area contributed by atoms with Crippen LogP contribution in [-0.4, -0.2) is 0 Å². The molecule has 3 rings (SSSR count). The Hall–Kier alpha value is -1.56. The second-order valence-electron chi connectivity index (χ2n) is 7.38. The summed E-state index contributed by atoms with van der Waals surface area (Å²) in [7, 11) is 0. The molecule has 0 heteroatoms. The van der Waals surface area contributed by atoms with Crippen molar-refractivity contribution in [2.45, 2.75) is 46.0 Å². The molecule has 0 heterocycles. The summed E-state index contributed by atoms with van der Waals surface area (Å²) < 4.78 is 0. The van der Waals surface area contributed by atoms with Crippen LogP contribution in [0, 0.1) is 11.3 Å². The van der Waals surface area contributed by atoms with Gasteiger partial charge in [0.05, 0.1) is 0 Å². The Labute approximate surface area is 129 Å². The lowest BCUT2D eigenvalue weighted by atomic mass is 9.62.